The fraction of sp³-hybridized carbons (Fsp3) is 0.355. The number of halogens is 2. The molecule has 0 heterocycles. The second-order valence-corrected chi connectivity index (χ2v) is 11.8. The quantitative estimate of drug-likeness (QED) is 0.265. The fourth-order valence-corrected chi connectivity index (χ4v) is 6.12. The van der Waals surface area contributed by atoms with E-state index in [0.717, 1.165) is 42.6 Å². The Balaban J connectivity index is 1.58. The van der Waals surface area contributed by atoms with E-state index in [4.69, 9.17) is 23.2 Å². The summed E-state index contributed by atoms with van der Waals surface area (Å²) in [5, 5.41) is 4.25. The maximum atomic E-state index is 13.8. The summed E-state index contributed by atoms with van der Waals surface area (Å²) in [4.78, 5) is 29.2. The van der Waals surface area contributed by atoms with E-state index in [0.29, 0.717) is 16.5 Å². The number of hydrogen-bond donors (Lipinski definition) is 1. The predicted molar refractivity (Wildman–Crippen MR) is 159 cm³/mol. The normalized spacial score (nSPS) is 14.3. The van der Waals surface area contributed by atoms with Crippen LogP contribution in [0.25, 0.3) is 0 Å². The van der Waals surface area contributed by atoms with Gasteiger partial charge in [0.2, 0.25) is 11.8 Å². The van der Waals surface area contributed by atoms with Gasteiger partial charge in [0.15, 0.2) is 0 Å². The van der Waals surface area contributed by atoms with Crippen LogP contribution in [0.1, 0.15) is 47.9 Å². The Kier molecular flexibility index (Phi) is 10.6. The number of carbonyl (C=O) groups excluding carboxylic acids is 2. The van der Waals surface area contributed by atoms with Gasteiger partial charge in [-0.15, -0.1) is 11.8 Å². The van der Waals surface area contributed by atoms with Gasteiger partial charge in [-0.3, -0.25) is 9.59 Å². The van der Waals surface area contributed by atoms with Gasteiger partial charge < -0.3 is 10.2 Å². The van der Waals surface area contributed by atoms with Gasteiger partial charge in [-0.2, -0.15) is 0 Å². The summed E-state index contributed by atoms with van der Waals surface area (Å²) in [5.74, 6) is 0.790. The number of aryl methyl sites for hydroxylation is 1. The molecule has 0 spiro atoms. The molecule has 200 valence electrons. The van der Waals surface area contributed by atoms with E-state index >= 15 is 0 Å². The van der Waals surface area contributed by atoms with Crippen molar-refractivity contribution in [1.82, 2.24) is 10.2 Å². The number of nitrogens with zero attached hydrogens (tertiary/aromatic N) is 1. The molecule has 4 nitrogen and oxygen atoms in total. The van der Waals surface area contributed by atoms with E-state index in [1.165, 1.54) is 11.1 Å². The Morgan fingerprint density at radius 1 is 0.974 bits per heavy atom. The van der Waals surface area contributed by atoms with Crippen LogP contribution in [0.3, 0.4) is 0 Å². The maximum Gasteiger partial charge on any atom is 0.243 e. The van der Waals surface area contributed by atoms with Crippen LogP contribution in [-0.2, 0) is 28.3 Å². The topological polar surface area (TPSA) is 49.4 Å². The molecule has 0 aliphatic heterocycles. The van der Waals surface area contributed by atoms with Crippen LogP contribution >= 0.6 is 35.0 Å². The molecule has 1 saturated carbocycles. The van der Waals surface area contributed by atoms with Gasteiger partial charge in [0.05, 0.1) is 5.75 Å². The second kappa shape index (κ2) is 14.1. The van der Waals surface area contributed by atoms with E-state index in [1.54, 1.807) is 28.8 Å². The number of nitrogens with one attached hydrogen (secondary N) is 1. The van der Waals surface area contributed by atoms with E-state index < -0.39 is 6.04 Å². The lowest BCUT2D eigenvalue weighted by Crippen LogP contribution is -2.52. The Labute approximate surface area is 240 Å². The Morgan fingerprint density at radius 3 is 2.37 bits per heavy atom. The standard InChI is InChI=1S/C31H34Cl2N2O2S/c1-22-11-13-24(14-12-22)20-38-21-30(36)35(19-25-15-16-26(32)18-28(25)33)29(17-23-7-3-2-4-8-23)31(37)34-27-9-5-6-10-27/h2-4,7-8,11-16,18,27,29H,5-6,9-10,17,19-21H2,1H3,(H,34,37). The minimum Gasteiger partial charge on any atom is -0.352 e. The summed E-state index contributed by atoms with van der Waals surface area (Å²) < 4.78 is 0. The molecule has 3 aromatic rings. The largest absolute Gasteiger partial charge is 0.352 e. The van der Waals surface area contributed by atoms with Crippen LogP contribution in [0.2, 0.25) is 10.0 Å². The van der Waals surface area contributed by atoms with Crippen LogP contribution in [0.15, 0.2) is 72.8 Å². The van der Waals surface area contributed by atoms with E-state index in [-0.39, 0.29) is 30.2 Å². The van der Waals surface area contributed by atoms with Crippen LogP contribution in [0.4, 0.5) is 0 Å². The molecule has 1 unspecified atom stereocenters. The SMILES string of the molecule is Cc1ccc(CSCC(=O)N(Cc2ccc(Cl)cc2Cl)C(Cc2ccccc2)C(=O)NC2CCCC2)cc1. The Bertz CT molecular complexity index is 1210. The summed E-state index contributed by atoms with van der Waals surface area (Å²) in [5.41, 5.74) is 4.14. The number of thioether (sulfide) groups is 1. The maximum absolute atomic E-state index is 13.8. The van der Waals surface area contributed by atoms with Gasteiger partial charge in [-0.1, -0.05) is 102 Å². The molecule has 1 aliphatic carbocycles. The molecule has 3 aromatic carbocycles. The van der Waals surface area contributed by atoms with Crippen molar-refractivity contribution in [2.24, 2.45) is 0 Å². The lowest BCUT2D eigenvalue weighted by molar-refractivity contribution is -0.139. The molecule has 1 fully saturated rings. The first-order valence-corrected chi connectivity index (χ1v) is 15.0. The van der Waals surface area contributed by atoms with Crippen molar-refractivity contribution in [3.8, 4) is 0 Å². The van der Waals surface area contributed by atoms with Crippen LogP contribution < -0.4 is 5.32 Å². The monoisotopic (exact) mass is 568 g/mol. The molecule has 2 amide bonds. The molecular weight excluding hydrogens is 535 g/mol. The predicted octanol–water partition coefficient (Wildman–Crippen LogP) is 7.23. The molecule has 1 N–H and O–H groups in total. The summed E-state index contributed by atoms with van der Waals surface area (Å²) in [7, 11) is 0. The molecular formula is C31H34Cl2N2O2S. The van der Waals surface area contributed by atoms with Gasteiger partial charge in [0.1, 0.15) is 6.04 Å². The van der Waals surface area contributed by atoms with Gasteiger partial charge >= 0.3 is 0 Å². The van der Waals surface area contributed by atoms with Crippen LogP contribution in [-0.4, -0.2) is 34.6 Å². The number of amides is 2. The van der Waals surface area contributed by atoms with Crippen molar-refractivity contribution >= 4 is 46.8 Å². The minimum atomic E-state index is -0.655. The molecule has 0 bridgehead atoms. The van der Waals surface area contributed by atoms with Crippen molar-refractivity contribution in [3.05, 3.63) is 105 Å². The molecule has 38 heavy (non-hydrogen) atoms. The third-order valence-electron chi connectivity index (χ3n) is 6.94. The van der Waals surface area contributed by atoms with E-state index in [2.05, 4.69) is 36.5 Å². The molecule has 0 saturated heterocycles. The molecule has 7 heteroatoms. The second-order valence-electron chi connectivity index (χ2n) is 9.93. The first kappa shape index (κ1) is 28.5. The highest BCUT2D eigenvalue weighted by Gasteiger charge is 2.32. The Hall–Kier alpha value is -2.47. The van der Waals surface area contributed by atoms with Crippen molar-refractivity contribution in [3.63, 3.8) is 0 Å². The highest BCUT2D eigenvalue weighted by atomic mass is 35.5. The Morgan fingerprint density at radius 2 is 1.68 bits per heavy atom. The first-order valence-electron chi connectivity index (χ1n) is 13.1. The van der Waals surface area contributed by atoms with Crippen molar-refractivity contribution in [1.29, 1.82) is 0 Å². The van der Waals surface area contributed by atoms with E-state index in [9.17, 15) is 9.59 Å². The third kappa shape index (κ3) is 8.26. The van der Waals surface area contributed by atoms with Crippen molar-refractivity contribution < 1.29 is 9.59 Å². The highest BCUT2D eigenvalue weighted by Crippen LogP contribution is 2.26. The molecule has 4 rings (SSSR count). The van der Waals surface area contributed by atoms with Crippen LogP contribution in [0, 0.1) is 6.92 Å². The smallest absolute Gasteiger partial charge is 0.243 e. The summed E-state index contributed by atoms with van der Waals surface area (Å²) in [6.45, 7) is 2.29. The van der Waals surface area contributed by atoms with Crippen molar-refractivity contribution in [2.75, 3.05) is 5.75 Å². The van der Waals surface area contributed by atoms with Crippen LogP contribution in [0.5, 0.6) is 0 Å². The summed E-state index contributed by atoms with van der Waals surface area (Å²) in [6.07, 6.45) is 4.62. The zero-order valence-electron chi connectivity index (χ0n) is 21.7. The average Bonchev–Trinajstić information content (AvgIpc) is 3.42. The summed E-state index contributed by atoms with van der Waals surface area (Å²) in [6, 6.07) is 23.0. The zero-order valence-corrected chi connectivity index (χ0v) is 24.0. The zero-order chi connectivity index (χ0) is 26.9. The molecule has 1 aliphatic rings. The lowest BCUT2D eigenvalue weighted by Gasteiger charge is -2.32. The lowest BCUT2D eigenvalue weighted by atomic mass is 10.0. The van der Waals surface area contributed by atoms with Gasteiger partial charge in [-0.25, -0.2) is 0 Å². The number of hydrogen-bond acceptors (Lipinski definition) is 3. The molecule has 0 radical (unpaired) electrons. The third-order valence-corrected chi connectivity index (χ3v) is 8.52. The first-order chi connectivity index (χ1) is 18.4. The van der Waals surface area contributed by atoms with E-state index in [1.807, 2.05) is 36.4 Å². The molecule has 1 atom stereocenters. The highest BCUT2D eigenvalue weighted by molar-refractivity contribution is 7.99. The van der Waals surface area contributed by atoms with Gasteiger partial charge in [0.25, 0.3) is 0 Å². The number of benzene rings is 3. The minimum absolute atomic E-state index is 0.0874. The van der Waals surface area contributed by atoms with Crippen molar-refractivity contribution in [2.45, 2.75) is 63.4 Å². The fourth-order valence-electron chi connectivity index (χ4n) is 4.78. The van der Waals surface area contributed by atoms with Gasteiger partial charge in [-0.05, 0) is 48.6 Å². The summed E-state index contributed by atoms with van der Waals surface area (Å²) >= 11 is 14.2. The number of carbonyl (C=O) groups is 2. The number of rotatable bonds is 11. The molecule has 0 aromatic heterocycles. The average molecular weight is 570 g/mol. The van der Waals surface area contributed by atoms with Gasteiger partial charge in [0, 0.05) is 34.8 Å².